The average molecular weight is 176 g/mol. The Morgan fingerprint density at radius 3 is 2.36 bits per heavy atom. The Hall–Kier alpha value is -0.0200. The number of rotatable bonds is 5. The van der Waals surface area contributed by atoms with Crippen molar-refractivity contribution in [1.29, 1.82) is 0 Å². The van der Waals surface area contributed by atoms with Gasteiger partial charge in [0, 0.05) is 6.42 Å². The van der Waals surface area contributed by atoms with Crippen molar-refractivity contribution in [1.82, 2.24) is 0 Å². The molecule has 1 unspecified atom stereocenters. The van der Waals surface area contributed by atoms with Crippen molar-refractivity contribution in [2.75, 3.05) is 12.9 Å². The first-order valence-corrected chi connectivity index (χ1v) is 5.07. The third-order valence-electron chi connectivity index (χ3n) is 1.42. The van der Waals surface area contributed by atoms with Crippen molar-refractivity contribution >= 4 is 17.5 Å². The second-order valence-corrected chi connectivity index (χ2v) is 4.01. The fourth-order valence-electron chi connectivity index (χ4n) is 0.842. The summed E-state index contributed by atoms with van der Waals surface area (Å²) in [4.78, 5) is 11.2. The molecule has 1 atom stereocenters. The van der Waals surface area contributed by atoms with Crippen LogP contribution in [-0.2, 0) is 4.79 Å². The van der Waals surface area contributed by atoms with Gasteiger partial charge >= 0.3 is 0 Å². The van der Waals surface area contributed by atoms with Crippen molar-refractivity contribution < 1.29 is 9.90 Å². The van der Waals surface area contributed by atoms with Crippen molar-refractivity contribution in [2.24, 2.45) is 5.92 Å². The second-order valence-electron chi connectivity index (χ2n) is 2.97. The smallest absolute Gasteiger partial charge is 0.148 e. The first kappa shape index (κ1) is 11.0. The lowest BCUT2D eigenvalue weighted by molar-refractivity contribution is -0.119. The van der Waals surface area contributed by atoms with E-state index in [2.05, 4.69) is 0 Å². The number of aliphatic hydroxyl groups excluding tert-OH is 1. The third-order valence-corrected chi connectivity index (χ3v) is 2.40. The number of thioether (sulfide) groups is 1. The molecule has 66 valence electrons. The number of Topliss-reactive ketones (excluding diaryl/α,β-unsaturated/α-hetero) is 1. The van der Waals surface area contributed by atoms with Gasteiger partial charge in [-0.25, -0.2) is 0 Å². The van der Waals surface area contributed by atoms with Crippen LogP contribution in [0.15, 0.2) is 0 Å². The molecule has 0 aromatic heterocycles. The monoisotopic (exact) mass is 176 g/mol. The molecule has 0 saturated heterocycles. The van der Waals surface area contributed by atoms with Crippen LogP contribution in [0.2, 0.25) is 0 Å². The molecule has 0 fully saturated rings. The maximum absolute atomic E-state index is 11.2. The number of hydrogen-bond acceptors (Lipinski definition) is 3. The highest BCUT2D eigenvalue weighted by Crippen LogP contribution is 2.12. The highest BCUT2D eigenvalue weighted by molar-refractivity contribution is 7.99. The number of aliphatic hydroxyl groups is 1. The minimum Gasteiger partial charge on any atom is -0.395 e. The first-order chi connectivity index (χ1) is 5.11. The Bertz CT molecular complexity index is 119. The lowest BCUT2D eigenvalue weighted by Gasteiger charge is -2.10. The largest absolute Gasteiger partial charge is 0.395 e. The molecular weight excluding hydrogens is 160 g/mol. The van der Waals surface area contributed by atoms with Gasteiger partial charge in [-0.05, 0) is 12.2 Å². The summed E-state index contributed by atoms with van der Waals surface area (Å²) >= 11 is 1.42. The molecule has 0 aromatic rings. The lowest BCUT2D eigenvalue weighted by atomic mass is 10.1. The molecule has 0 aliphatic heterocycles. The standard InChI is InChI=1S/C8H16O2S/c1-6(2)4-7(10)8(5-9)11-3/h6,8-9H,4-5H2,1-3H3. The summed E-state index contributed by atoms with van der Waals surface area (Å²) in [6, 6.07) is 0. The maximum atomic E-state index is 11.2. The molecular formula is C8H16O2S. The minimum absolute atomic E-state index is 0.0350. The predicted molar refractivity (Wildman–Crippen MR) is 48.9 cm³/mol. The van der Waals surface area contributed by atoms with Gasteiger partial charge in [0.2, 0.25) is 0 Å². The van der Waals surface area contributed by atoms with Gasteiger partial charge in [-0.3, -0.25) is 4.79 Å². The van der Waals surface area contributed by atoms with Gasteiger partial charge in [0.25, 0.3) is 0 Å². The van der Waals surface area contributed by atoms with Crippen LogP contribution in [0, 0.1) is 5.92 Å². The zero-order valence-corrected chi connectivity index (χ0v) is 8.15. The summed E-state index contributed by atoms with van der Waals surface area (Å²) in [5, 5.41) is 8.56. The van der Waals surface area contributed by atoms with Gasteiger partial charge in [0.15, 0.2) is 0 Å². The molecule has 0 heterocycles. The van der Waals surface area contributed by atoms with Crippen molar-refractivity contribution in [2.45, 2.75) is 25.5 Å². The van der Waals surface area contributed by atoms with Crippen LogP contribution in [-0.4, -0.2) is 29.0 Å². The summed E-state index contributed by atoms with van der Waals surface area (Å²) in [5.74, 6) is 0.554. The van der Waals surface area contributed by atoms with Gasteiger partial charge in [0.1, 0.15) is 5.78 Å². The average Bonchev–Trinajstić information content (AvgIpc) is 1.88. The Morgan fingerprint density at radius 1 is 1.55 bits per heavy atom. The zero-order chi connectivity index (χ0) is 8.85. The Labute approximate surface area is 72.4 Å². The molecule has 0 aromatic carbocycles. The molecule has 0 spiro atoms. The van der Waals surface area contributed by atoms with Gasteiger partial charge in [0.05, 0.1) is 11.9 Å². The summed E-state index contributed by atoms with van der Waals surface area (Å²) in [7, 11) is 0. The molecule has 0 saturated carbocycles. The van der Waals surface area contributed by atoms with E-state index in [1.165, 1.54) is 11.8 Å². The molecule has 2 nitrogen and oxygen atoms in total. The third kappa shape index (κ3) is 4.43. The summed E-state index contributed by atoms with van der Waals surface area (Å²) in [6.07, 6.45) is 2.42. The molecule has 11 heavy (non-hydrogen) atoms. The van der Waals surface area contributed by atoms with E-state index in [-0.39, 0.29) is 17.6 Å². The molecule has 1 N–H and O–H groups in total. The van der Waals surface area contributed by atoms with E-state index in [4.69, 9.17) is 5.11 Å². The fraction of sp³-hybridized carbons (Fsp3) is 0.875. The summed E-state index contributed by atoms with van der Waals surface area (Å²) < 4.78 is 0. The predicted octanol–water partition coefficient (Wildman–Crippen LogP) is 1.33. The highest BCUT2D eigenvalue weighted by Gasteiger charge is 2.16. The van der Waals surface area contributed by atoms with E-state index in [1.54, 1.807) is 0 Å². The van der Waals surface area contributed by atoms with Gasteiger partial charge in [-0.1, -0.05) is 13.8 Å². The van der Waals surface area contributed by atoms with Gasteiger partial charge < -0.3 is 5.11 Å². The van der Waals surface area contributed by atoms with Crippen molar-refractivity contribution in [3.63, 3.8) is 0 Å². The van der Waals surface area contributed by atoms with Crippen LogP contribution >= 0.6 is 11.8 Å². The number of carbonyl (C=O) groups is 1. The molecule has 0 radical (unpaired) electrons. The van der Waals surface area contributed by atoms with E-state index < -0.39 is 0 Å². The lowest BCUT2D eigenvalue weighted by Crippen LogP contribution is -2.22. The van der Waals surface area contributed by atoms with E-state index in [1.807, 2.05) is 20.1 Å². The number of hydrogen-bond donors (Lipinski definition) is 1. The molecule has 3 heteroatoms. The van der Waals surface area contributed by atoms with Crippen LogP contribution in [0.4, 0.5) is 0 Å². The van der Waals surface area contributed by atoms with E-state index in [0.29, 0.717) is 12.3 Å². The minimum atomic E-state index is -0.211. The van der Waals surface area contributed by atoms with Crippen LogP contribution < -0.4 is 0 Å². The summed E-state index contributed by atoms with van der Waals surface area (Å²) in [5.41, 5.74) is 0. The Morgan fingerprint density at radius 2 is 2.09 bits per heavy atom. The molecule has 0 aliphatic carbocycles. The molecule has 0 aliphatic rings. The quantitative estimate of drug-likeness (QED) is 0.686. The normalized spacial score (nSPS) is 13.5. The second kappa shape index (κ2) is 5.61. The zero-order valence-electron chi connectivity index (χ0n) is 7.33. The van der Waals surface area contributed by atoms with Crippen LogP contribution in [0.25, 0.3) is 0 Å². The van der Waals surface area contributed by atoms with Crippen molar-refractivity contribution in [3.8, 4) is 0 Å². The summed E-state index contributed by atoms with van der Waals surface area (Å²) in [6.45, 7) is 3.98. The SMILES string of the molecule is CSC(CO)C(=O)CC(C)C. The first-order valence-electron chi connectivity index (χ1n) is 3.78. The van der Waals surface area contributed by atoms with E-state index in [9.17, 15) is 4.79 Å². The molecule has 0 bridgehead atoms. The highest BCUT2D eigenvalue weighted by atomic mass is 32.2. The Kier molecular flexibility index (Phi) is 5.60. The van der Waals surface area contributed by atoms with Crippen LogP contribution in [0.1, 0.15) is 20.3 Å². The van der Waals surface area contributed by atoms with Gasteiger partial charge in [-0.15, -0.1) is 0 Å². The van der Waals surface area contributed by atoms with Crippen LogP contribution in [0.3, 0.4) is 0 Å². The van der Waals surface area contributed by atoms with E-state index >= 15 is 0 Å². The van der Waals surface area contributed by atoms with Crippen LogP contribution in [0.5, 0.6) is 0 Å². The van der Waals surface area contributed by atoms with Gasteiger partial charge in [-0.2, -0.15) is 11.8 Å². The molecule has 0 amide bonds. The Balaban J connectivity index is 3.79. The van der Waals surface area contributed by atoms with E-state index in [0.717, 1.165) is 0 Å². The maximum Gasteiger partial charge on any atom is 0.148 e. The topological polar surface area (TPSA) is 37.3 Å². The number of carbonyl (C=O) groups excluding carboxylic acids is 1. The molecule has 0 rings (SSSR count). The fourth-order valence-corrected chi connectivity index (χ4v) is 1.35. The number of ketones is 1. The van der Waals surface area contributed by atoms with Crippen molar-refractivity contribution in [3.05, 3.63) is 0 Å².